The fourth-order valence-electron chi connectivity index (χ4n) is 3.25. The van der Waals surface area contributed by atoms with Crippen LogP contribution in [-0.4, -0.2) is 27.8 Å². The van der Waals surface area contributed by atoms with Gasteiger partial charge < -0.3 is 20.2 Å². The molecular weight excluding hydrogens is 437 g/mol. The van der Waals surface area contributed by atoms with E-state index in [9.17, 15) is 18.0 Å². The summed E-state index contributed by atoms with van der Waals surface area (Å²) in [6, 6.07) is 14.8. The normalized spacial score (nSPS) is 12.7. The molecule has 1 aromatic heterocycles. The van der Waals surface area contributed by atoms with Gasteiger partial charge in [-0.15, -0.1) is 10.2 Å². The quantitative estimate of drug-likeness (QED) is 0.359. The van der Waals surface area contributed by atoms with Crippen LogP contribution in [0.15, 0.2) is 52.9 Å². The van der Waals surface area contributed by atoms with Crippen molar-refractivity contribution in [1.29, 1.82) is 0 Å². The molecule has 1 unspecified atom stereocenters. The Morgan fingerprint density at radius 1 is 1.06 bits per heavy atom. The summed E-state index contributed by atoms with van der Waals surface area (Å²) in [5, 5.41) is 21.8. The van der Waals surface area contributed by atoms with Crippen molar-refractivity contribution in [3.63, 3.8) is 0 Å². The number of carboxylic acids is 1. The maximum Gasteiger partial charge on any atom is 0.470 e. The van der Waals surface area contributed by atoms with E-state index >= 15 is 0 Å². The Labute approximate surface area is 189 Å². The third-order valence-electron chi connectivity index (χ3n) is 4.97. The standard InChI is InChI=1S/C23H25F3N4O3/c1-14(2)20(28-18-9-3-15(4-10-18)13-27-12-11-19(31)32)16-5-7-17(8-6-16)21-29-30-22(33-21)23(24,25)26/h3-10,14,20,27-28H,11-13H2,1-2H3,(H,31,32). The van der Waals surface area contributed by atoms with E-state index in [1.807, 2.05) is 36.4 Å². The molecule has 0 radical (unpaired) electrons. The van der Waals surface area contributed by atoms with Gasteiger partial charge >= 0.3 is 18.0 Å². The molecular formula is C23H25F3N4O3. The summed E-state index contributed by atoms with van der Waals surface area (Å²) in [5.74, 6) is -2.16. The van der Waals surface area contributed by atoms with Crippen LogP contribution in [0.5, 0.6) is 0 Å². The average Bonchev–Trinajstić information content (AvgIpc) is 3.27. The predicted molar refractivity (Wildman–Crippen MR) is 116 cm³/mol. The van der Waals surface area contributed by atoms with Gasteiger partial charge in [-0.05, 0) is 41.3 Å². The van der Waals surface area contributed by atoms with E-state index in [1.165, 1.54) is 0 Å². The van der Waals surface area contributed by atoms with Gasteiger partial charge in [0.05, 0.1) is 12.5 Å². The predicted octanol–water partition coefficient (Wildman–Crippen LogP) is 5.13. The highest BCUT2D eigenvalue weighted by molar-refractivity contribution is 5.66. The van der Waals surface area contributed by atoms with Gasteiger partial charge in [-0.2, -0.15) is 13.2 Å². The molecule has 3 rings (SSSR count). The van der Waals surface area contributed by atoms with Gasteiger partial charge in [0.15, 0.2) is 0 Å². The SMILES string of the molecule is CC(C)C(Nc1ccc(CNCCC(=O)O)cc1)c1ccc(-c2nnc(C(F)(F)F)o2)cc1. The van der Waals surface area contributed by atoms with Crippen molar-refractivity contribution in [2.45, 2.75) is 39.0 Å². The minimum atomic E-state index is -4.68. The first-order valence-corrected chi connectivity index (χ1v) is 10.4. The number of carboxylic acid groups (broad SMARTS) is 1. The topological polar surface area (TPSA) is 100 Å². The fraction of sp³-hybridized carbons (Fsp3) is 0.348. The van der Waals surface area contributed by atoms with Crippen LogP contribution in [0, 0.1) is 5.92 Å². The van der Waals surface area contributed by atoms with Crippen molar-refractivity contribution in [3.8, 4) is 11.5 Å². The number of rotatable bonds is 10. The van der Waals surface area contributed by atoms with Crippen LogP contribution < -0.4 is 10.6 Å². The molecule has 0 fully saturated rings. The van der Waals surface area contributed by atoms with E-state index in [-0.39, 0.29) is 24.3 Å². The maximum atomic E-state index is 12.7. The van der Waals surface area contributed by atoms with Crippen molar-refractivity contribution < 1.29 is 27.5 Å². The lowest BCUT2D eigenvalue weighted by atomic mass is 9.94. The zero-order valence-corrected chi connectivity index (χ0v) is 18.2. The molecule has 176 valence electrons. The maximum absolute atomic E-state index is 12.7. The number of hydrogen-bond acceptors (Lipinski definition) is 6. The second kappa shape index (κ2) is 10.5. The lowest BCUT2D eigenvalue weighted by Crippen LogP contribution is -2.18. The van der Waals surface area contributed by atoms with Crippen LogP contribution in [0.2, 0.25) is 0 Å². The number of benzene rings is 2. The number of nitrogens with one attached hydrogen (secondary N) is 2. The molecule has 1 heterocycles. The summed E-state index contributed by atoms with van der Waals surface area (Å²) in [5.41, 5.74) is 3.32. The van der Waals surface area contributed by atoms with Crippen molar-refractivity contribution in [3.05, 3.63) is 65.5 Å². The first-order chi connectivity index (χ1) is 15.6. The number of aliphatic carboxylic acids is 1. The van der Waals surface area contributed by atoms with E-state index in [0.29, 0.717) is 18.7 Å². The molecule has 3 N–H and O–H groups in total. The van der Waals surface area contributed by atoms with Gasteiger partial charge in [0.25, 0.3) is 0 Å². The Morgan fingerprint density at radius 2 is 1.73 bits per heavy atom. The third kappa shape index (κ3) is 6.79. The van der Waals surface area contributed by atoms with Gasteiger partial charge in [0.1, 0.15) is 0 Å². The van der Waals surface area contributed by atoms with Crippen molar-refractivity contribution in [2.75, 3.05) is 11.9 Å². The van der Waals surface area contributed by atoms with Gasteiger partial charge in [-0.25, -0.2) is 0 Å². The smallest absolute Gasteiger partial charge is 0.470 e. The first kappa shape index (κ1) is 24.2. The molecule has 7 nitrogen and oxygen atoms in total. The van der Waals surface area contributed by atoms with Crippen LogP contribution in [-0.2, 0) is 17.5 Å². The molecule has 0 saturated carbocycles. The number of alkyl halides is 3. The van der Waals surface area contributed by atoms with Gasteiger partial charge in [-0.3, -0.25) is 4.79 Å². The second-order valence-electron chi connectivity index (χ2n) is 7.92. The molecule has 0 aliphatic heterocycles. The molecule has 0 aliphatic rings. The lowest BCUT2D eigenvalue weighted by Gasteiger charge is -2.24. The Kier molecular flexibility index (Phi) is 7.70. The van der Waals surface area contributed by atoms with Crippen LogP contribution in [0.3, 0.4) is 0 Å². The van der Waals surface area contributed by atoms with Crippen molar-refractivity contribution >= 4 is 11.7 Å². The van der Waals surface area contributed by atoms with Gasteiger partial charge in [0.2, 0.25) is 5.89 Å². The molecule has 0 saturated heterocycles. The number of halogens is 3. The van der Waals surface area contributed by atoms with Crippen LogP contribution in [0.4, 0.5) is 18.9 Å². The van der Waals surface area contributed by atoms with Crippen LogP contribution in [0.25, 0.3) is 11.5 Å². The Morgan fingerprint density at radius 3 is 2.27 bits per heavy atom. The summed E-state index contributed by atoms with van der Waals surface area (Å²) < 4.78 is 42.8. The summed E-state index contributed by atoms with van der Waals surface area (Å²) in [6.45, 7) is 5.12. The van der Waals surface area contributed by atoms with Gasteiger partial charge in [0, 0.05) is 24.3 Å². The number of hydrogen-bond donors (Lipinski definition) is 3. The largest absolute Gasteiger partial charge is 0.481 e. The second-order valence-corrected chi connectivity index (χ2v) is 7.92. The summed E-state index contributed by atoms with van der Waals surface area (Å²) >= 11 is 0. The van der Waals surface area contributed by atoms with Gasteiger partial charge in [-0.1, -0.05) is 38.1 Å². The summed E-state index contributed by atoms with van der Waals surface area (Å²) in [7, 11) is 0. The molecule has 0 bridgehead atoms. The molecule has 0 aliphatic carbocycles. The fourth-order valence-corrected chi connectivity index (χ4v) is 3.25. The molecule has 1 atom stereocenters. The molecule has 10 heteroatoms. The summed E-state index contributed by atoms with van der Waals surface area (Å²) in [4.78, 5) is 10.6. The van der Waals surface area contributed by atoms with Crippen LogP contribution in [0.1, 0.15) is 43.3 Å². The van der Waals surface area contributed by atoms with Crippen molar-refractivity contribution in [1.82, 2.24) is 15.5 Å². The highest BCUT2D eigenvalue weighted by Crippen LogP contribution is 2.32. The molecule has 3 aromatic rings. The number of anilines is 1. The monoisotopic (exact) mass is 462 g/mol. The molecule has 2 aromatic carbocycles. The molecule has 0 amide bonds. The van der Waals surface area contributed by atoms with E-state index in [2.05, 4.69) is 34.7 Å². The number of aromatic nitrogens is 2. The minimum absolute atomic E-state index is 0.0352. The molecule has 33 heavy (non-hydrogen) atoms. The van der Waals surface area contributed by atoms with E-state index < -0.39 is 18.0 Å². The highest BCUT2D eigenvalue weighted by Gasteiger charge is 2.38. The van der Waals surface area contributed by atoms with Crippen molar-refractivity contribution in [2.24, 2.45) is 5.92 Å². The first-order valence-electron chi connectivity index (χ1n) is 10.4. The summed E-state index contributed by atoms with van der Waals surface area (Å²) in [6.07, 6.45) is -4.60. The zero-order valence-electron chi connectivity index (χ0n) is 18.2. The average molecular weight is 462 g/mol. The zero-order chi connectivity index (χ0) is 24.0. The third-order valence-corrected chi connectivity index (χ3v) is 4.97. The lowest BCUT2D eigenvalue weighted by molar-refractivity contribution is -0.157. The van der Waals surface area contributed by atoms with E-state index in [4.69, 9.17) is 9.52 Å². The highest BCUT2D eigenvalue weighted by atomic mass is 19.4. The Hall–Kier alpha value is -3.40. The number of carbonyl (C=O) groups is 1. The Balaban J connectivity index is 1.65. The molecule has 0 spiro atoms. The minimum Gasteiger partial charge on any atom is -0.481 e. The number of nitrogens with zero attached hydrogens (tertiary/aromatic N) is 2. The van der Waals surface area contributed by atoms with E-state index in [0.717, 1.165) is 16.8 Å². The van der Waals surface area contributed by atoms with Crippen LogP contribution >= 0.6 is 0 Å². The van der Waals surface area contributed by atoms with E-state index in [1.54, 1.807) is 12.1 Å². The Bertz CT molecular complexity index is 1050.